The van der Waals surface area contributed by atoms with Gasteiger partial charge in [-0.15, -0.1) is 11.3 Å². The van der Waals surface area contributed by atoms with E-state index in [1.54, 1.807) is 45.8 Å². The number of thiophene rings is 1. The number of carbonyl (C=O) groups excluding carboxylic acids is 4. The van der Waals surface area contributed by atoms with Crippen LogP contribution in [0.15, 0.2) is 90.3 Å². The van der Waals surface area contributed by atoms with Gasteiger partial charge in [0.25, 0.3) is 11.8 Å². The first-order valence-electron chi connectivity index (χ1n) is 13.6. The molecule has 3 atom stereocenters. The molecule has 4 aromatic rings. The van der Waals surface area contributed by atoms with Crippen LogP contribution in [-0.2, 0) is 15.3 Å². The minimum atomic E-state index is -0.819. The van der Waals surface area contributed by atoms with Gasteiger partial charge in [-0.1, -0.05) is 66.7 Å². The highest BCUT2D eigenvalue weighted by Gasteiger charge is 2.52. The van der Waals surface area contributed by atoms with Crippen molar-refractivity contribution in [3.05, 3.63) is 107 Å². The fraction of sp³-hybridized carbons (Fsp3) is 0.250. The quantitative estimate of drug-likeness (QED) is 0.327. The van der Waals surface area contributed by atoms with Crippen LogP contribution in [0.3, 0.4) is 0 Å². The third kappa shape index (κ3) is 5.52. The first-order valence-corrected chi connectivity index (χ1v) is 15.6. The normalized spacial score (nSPS) is 18.9. The number of benzene rings is 3. The van der Waals surface area contributed by atoms with E-state index in [-0.39, 0.29) is 36.1 Å². The molecule has 3 amide bonds. The number of hydrogen-bond donors (Lipinski definition) is 1. The van der Waals surface area contributed by atoms with Crippen molar-refractivity contribution in [3.63, 3.8) is 0 Å². The Morgan fingerprint density at radius 3 is 2.41 bits per heavy atom. The Bertz CT molecular complexity index is 1590. The van der Waals surface area contributed by atoms with E-state index in [9.17, 15) is 19.2 Å². The highest BCUT2D eigenvalue weighted by Crippen LogP contribution is 2.32. The molecule has 7 nitrogen and oxygen atoms in total. The molecule has 9 heteroatoms. The SMILES string of the molecule is O=C(N[C@@H](CSCc1ccccc1)C(=O)N1CC[C@@H]2[C@H]1C(=O)CN2C(=O)c1ccccc1)c1csc2ccccc12. The van der Waals surface area contributed by atoms with Crippen molar-refractivity contribution in [1.82, 2.24) is 15.1 Å². The van der Waals surface area contributed by atoms with Gasteiger partial charge in [0.05, 0.1) is 18.2 Å². The van der Waals surface area contributed by atoms with Crippen LogP contribution < -0.4 is 5.32 Å². The Labute approximate surface area is 246 Å². The van der Waals surface area contributed by atoms with E-state index >= 15 is 0 Å². The smallest absolute Gasteiger partial charge is 0.254 e. The maximum Gasteiger partial charge on any atom is 0.254 e. The lowest BCUT2D eigenvalue weighted by Crippen LogP contribution is -2.53. The zero-order chi connectivity index (χ0) is 28.3. The zero-order valence-electron chi connectivity index (χ0n) is 22.3. The summed E-state index contributed by atoms with van der Waals surface area (Å²) in [5.41, 5.74) is 2.18. The Morgan fingerprint density at radius 1 is 0.927 bits per heavy atom. The summed E-state index contributed by atoms with van der Waals surface area (Å²) in [6.45, 7) is 0.336. The predicted octanol–water partition coefficient (Wildman–Crippen LogP) is 4.63. The van der Waals surface area contributed by atoms with Crippen molar-refractivity contribution in [1.29, 1.82) is 0 Å². The molecule has 3 heterocycles. The van der Waals surface area contributed by atoms with Gasteiger partial charge in [0.1, 0.15) is 12.1 Å². The fourth-order valence-corrected chi connectivity index (χ4v) is 7.67. The summed E-state index contributed by atoms with van der Waals surface area (Å²) >= 11 is 3.05. The van der Waals surface area contributed by atoms with Crippen molar-refractivity contribution in [2.75, 3.05) is 18.8 Å². The van der Waals surface area contributed by atoms with Gasteiger partial charge in [0, 0.05) is 39.1 Å². The summed E-state index contributed by atoms with van der Waals surface area (Å²) in [6, 6.07) is 24.7. The molecule has 0 saturated carbocycles. The topological polar surface area (TPSA) is 86.8 Å². The second-order valence-corrected chi connectivity index (χ2v) is 12.2. The third-order valence-corrected chi connectivity index (χ3v) is 9.78. The number of amides is 3. The molecule has 1 N–H and O–H groups in total. The lowest BCUT2D eigenvalue weighted by atomic mass is 10.1. The number of nitrogens with one attached hydrogen (secondary N) is 1. The van der Waals surface area contributed by atoms with E-state index < -0.39 is 12.1 Å². The number of ketones is 1. The van der Waals surface area contributed by atoms with Crippen LogP contribution >= 0.6 is 23.1 Å². The molecule has 1 aromatic heterocycles. The van der Waals surface area contributed by atoms with Crippen LogP contribution in [0.25, 0.3) is 10.1 Å². The second-order valence-electron chi connectivity index (χ2n) is 10.3. The summed E-state index contributed by atoms with van der Waals surface area (Å²) in [7, 11) is 0. The molecule has 2 saturated heterocycles. The number of thioether (sulfide) groups is 1. The molecule has 0 aliphatic carbocycles. The van der Waals surface area contributed by atoms with Gasteiger partial charge in [-0.3, -0.25) is 19.2 Å². The fourth-order valence-electron chi connectivity index (χ4n) is 5.72. The number of likely N-dealkylation sites (tertiary alicyclic amines) is 2. The largest absolute Gasteiger partial charge is 0.339 e. The second kappa shape index (κ2) is 11.9. The van der Waals surface area contributed by atoms with Crippen LogP contribution in [0.2, 0.25) is 0 Å². The van der Waals surface area contributed by atoms with Gasteiger partial charge in [-0.05, 0) is 30.2 Å². The molecule has 2 fully saturated rings. The number of hydrogen-bond acceptors (Lipinski definition) is 6. The van der Waals surface area contributed by atoms with E-state index in [1.807, 2.05) is 66.0 Å². The van der Waals surface area contributed by atoms with E-state index in [2.05, 4.69) is 5.32 Å². The summed E-state index contributed by atoms with van der Waals surface area (Å²) in [5.74, 6) is 0.107. The monoisotopic (exact) mass is 583 g/mol. The lowest BCUT2D eigenvalue weighted by Gasteiger charge is -2.28. The minimum Gasteiger partial charge on any atom is -0.339 e. The van der Waals surface area contributed by atoms with Crippen LogP contribution in [0.5, 0.6) is 0 Å². The van der Waals surface area contributed by atoms with Gasteiger partial charge >= 0.3 is 0 Å². The van der Waals surface area contributed by atoms with E-state index in [0.717, 1.165) is 15.6 Å². The molecule has 3 aromatic carbocycles. The highest BCUT2D eigenvalue weighted by atomic mass is 32.2. The number of fused-ring (bicyclic) bond motifs is 2. The van der Waals surface area contributed by atoms with Gasteiger partial charge in [-0.25, -0.2) is 0 Å². The van der Waals surface area contributed by atoms with Gasteiger partial charge in [0.15, 0.2) is 5.78 Å². The summed E-state index contributed by atoms with van der Waals surface area (Å²) in [5, 5.41) is 5.66. The van der Waals surface area contributed by atoms with Gasteiger partial charge < -0.3 is 15.1 Å². The number of nitrogens with zero attached hydrogens (tertiary/aromatic N) is 2. The third-order valence-electron chi connectivity index (χ3n) is 7.71. The minimum absolute atomic E-state index is 0.0203. The Morgan fingerprint density at radius 2 is 1.63 bits per heavy atom. The average Bonchev–Trinajstić information content (AvgIpc) is 3.72. The lowest BCUT2D eigenvalue weighted by molar-refractivity contribution is -0.137. The molecule has 0 radical (unpaired) electrons. The average molecular weight is 584 g/mol. The summed E-state index contributed by atoms with van der Waals surface area (Å²) < 4.78 is 1.00. The van der Waals surface area contributed by atoms with Crippen molar-refractivity contribution in [2.24, 2.45) is 0 Å². The molecule has 0 spiro atoms. The standard InChI is InChI=1S/C32H29N3O4S2/c36-27-17-35(31(38)22-11-5-2-6-12-22)26-15-16-34(29(26)27)32(39)25(20-40-18-21-9-3-1-4-10-21)33-30(37)24-19-41-28-14-8-7-13-23(24)28/h1-14,19,25-26,29H,15-18,20H2,(H,33,37)/t25-,26+,29-/m0/s1. The highest BCUT2D eigenvalue weighted by molar-refractivity contribution is 7.98. The number of rotatable bonds is 8. The first-order chi connectivity index (χ1) is 20.0. The Kier molecular flexibility index (Phi) is 7.89. The maximum absolute atomic E-state index is 14.0. The van der Waals surface area contributed by atoms with Crippen LogP contribution in [0, 0.1) is 0 Å². The molecule has 2 aliphatic rings. The number of carbonyl (C=O) groups is 4. The van der Waals surface area contributed by atoms with Crippen molar-refractivity contribution < 1.29 is 19.2 Å². The van der Waals surface area contributed by atoms with E-state index in [4.69, 9.17) is 0 Å². The van der Waals surface area contributed by atoms with E-state index in [1.165, 1.54) is 11.3 Å². The maximum atomic E-state index is 14.0. The molecule has 0 unspecified atom stereocenters. The van der Waals surface area contributed by atoms with Gasteiger partial charge in [0.2, 0.25) is 5.91 Å². The number of Topliss-reactive ketones (excluding diaryl/α,β-unsaturated/α-hetero) is 1. The summed E-state index contributed by atoms with van der Waals surface area (Å²) in [6.07, 6.45) is 0.522. The van der Waals surface area contributed by atoms with E-state index in [0.29, 0.717) is 35.6 Å². The van der Waals surface area contributed by atoms with Crippen LogP contribution in [0.4, 0.5) is 0 Å². The van der Waals surface area contributed by atoms with Crippen molar-refractivity contribution in [2.45, 2.75) is 30.3 Å². The molecule has 208 valence electrons. The Balaban J connectivity index is 1.21. The van der Waals surface area contributed by atoms with Crippen molar-refractivity contribution >= 4 is 56.7 Å². The molecule has 0 bridgehead atoms. The summed E-state index contributed by atoms with van der Waals surface area (Å²) in [4.78, 5) is 57.1. The van der Waals surface area contributed by atoms with Gasteiger partial charge in [-0.2, -0.15) is 11.8 Å². The molecule has 2 aliphatic heterocycles. The van der Waals surface area contributed by atoms with Crippen LogP contribution in [0.1, 0.15) is 32.7 Å². The Hall–Kier alpha value is -3.95. The first kappa shape index (κ1) is 27.2. The molecular formula is C32H29N3O4S2. The predicted molar refractivity (Wildman–Crippen MR) is 162 cm³/mol. The zero-order valence-corrected chi connectivity index (χ0v) is 23.9. The molecule has 6 rings (SSSR count). The molecule has 41 heavy (non-hydrogen) atoms. The molecular weight excluding hydrogens is 555 g/mol. The van der Waals surface area contributed by atoms with Crippen molar-refractivity contribution in [3.8, 4) is 0 Å². The van der Waals surface area contributed by atoms with Crippen LogP contribution in [-0.4, -0.2) is 70.3 Å².